The van der Waals surface area contributed by atoms with E-state index in [1.807, 2.05) is 48.7 Å². The number of likely N-dealkylation sites (tertiary alicyclic amines) is 1. The third-order valence-electron chi connectivity index (χ3n) is 3.72. The van der Waals surface area contributed by atoms with Gasteiger partial charge in [-0.1, -0.05) is 30.3 Å². The fourth-order valence-electron chi connectivity index (χ4n) is 2.54. The molecule has 0 radical (unpaired) electrons. The highest BCUT2D eigenvalue weighted by molar-refractivity contribution is 5.79. The molecule has 1 aromatic rings. The number of rotatable bonds is 5. The highest BCUT2D eigenvalue weighted by atomic mass is 16.5. The van der Waals surface area contributed by atoms with Crippen LogP contribution in [-0.4, -0.2) is 43.2 Å². The zero-order chi connectivity index (χ0) is 15.4. The second-order valence-corrected chi connectivity index (χ2v) is 5.74. The maximum atomic E-state index is 12.0. The molecule has 2 aliphatic heterocycles. The van der Waals surface area contributed by atoms with E-state index in [2.05, 4.69) is 22.6 Å². The van der Waals surface area contributed by atoms with Crippen LogP contribution in [0.2, 0.25) is 0 Å². The molecule has 1 atom stereocenters. The number of carbonyl (C=O) groups excluding carboxylic acids is 1. The van der Waals surface area contributed by atoms with E-state index in [-0.39, 0.29) is 18.2 Å². The van der Waals surface area contributed by atoms with Gasteiger partial charge in [-0.05, 0) is 24.8 Å². The third-order valence-corrected chi connectivity index (χ3v) is 3.72. The second kappa shape index (κ2) is 6.66. The van der Waals surface area contributed by atoms with Gasteiger partial charge in [0, 0.05) is 19.3 Å². The molecule has 1 saturated heterocycles. The summed E-state index contributed by atoms with van der Waals surface area (Å²) in [6.45, 7) is 1.92. The summed E-state index contributed by atoms with van der Waals surface area (Å²) < 4.78 is 5.80. The Kier molecular flexibility index (Phi) is 4.44. The monoisotopic (exact) mass is 299 g/mol. The molecule has 1 unspecified atom stereocenters. The highest BCUT2D eigenvalue weighted by Gasteiger charge is 2.25. The van der Waals surface area contributed by atoms with Gasteiger partial charge < -0.3 is 15.4 Å². The van der Waals surface area contributed by atoms with Crippen molar-refractivity contribution >= 4 is 5.91 Å². The molecule has 116 valence electrons. The summed E-state index contributed by atoms with van der Waals surface area (Å²) in [5.74, 6) is 0.804. The van der Waals surface area contributed by atoms with Crippen LogP contribution in [0.3, 0.4) is 0 Å². The van der Waals surface area contributed by atoms with Crippen molar-refractivity contribution in [3.05, 3.63) is 60.0 Å². The molecule has 1 fully saturated rings. The van der Waals surface area contributed by atoms with Gasteiger partial charge in [-0.2, -0.15) is 0 Å². The number of hydrogen-bond donors (Lipinski definition) is 2. The van der Waals surface area contributed by atoms with Gasteiger partial charge in [0.05, 0.1) is 6.42 Å². The number of allylic oxidation sites excluding steroid dienone is 1. The van der Waals surface area contributed by atoms with E-state index in [1.54, 1.807) is 0 Å². The normalized spacial score (nSPS) is 21.5. The van der Waals surface area contributed by atoms with E-state index < -0.39 is 0 Å². The molecular formula is C17H21N3O2. The van der Waals surface area contributed by atoms with Crippen molar-refractivity contribution in [1.82, 2.24) is 15.5 Å². The molecule has 0 spiro atoms. The SMILES string of the molecule is CN1CC(OC2=CNC(NC(=O)Cc3ccccc3)C=C2)C1. The molecule has 0 saturated carbocycles. The first-order valence-corrected chi connectivity index (χ1v) is 7.52. The third kappa shape index (κ3) is 3.89. The lowest BCUT2D eigenvalue weighted by Crippen LogP contribution is -2.50. The van der Waals surface area contributed by atoms with Gasteiger partial charge in [0.2, 0.25) is 5.91 Å². The van der Waals surface area contributed by atoms with Gasteiger partial charge in [0.25, 0.3) is 0 Å². The van der Waals surface area contributed by atoms with Crippen LogP contribution in [0.5, 0.6) is 0 Å². The molecule has 0 aromatic heterocycles. The predicted molar refractivity (Wildman–Crippen MR) is 84.8 cm³/mol. The lowest BCUT2D eigenvalue weighted by atomic mass is 10.1. The van der Waals surface area contributed by atoms with E-state index in [1.165, 1.54) is 0 Å². The van der Waals surface area contributed by atoms with Gasteiger partial charge in [-0.25, -0.2) is 0 Å². The molecule has 1 aromatic carbocycles. The summed E-state index contributed by atoms with van der Waals surface area (Å²) in [7, 11) is 2.07. The maximum Gasteiger partial charge on any atom is 0.226 e. The van der Waals surface area contributed by atoms with Crippen LogP contribution in [0.25, 0.3) is 0 Å². The number of dihydropyridines is 1. The van der Waals surface area contributed by atoms with Crippen LogP contribution in [0, 0.1) is 0 Å². The standard InChI is InChI=1S/C17H21N3O2/c1-20-11-15(12-20)22-14-7-8-16(18-10-14)19-17(21)9-13-5-3-2-4-6-13/h2-8,10,15-16,18H,9,11-12H2,1H3,(H,19,21). The lowest BCUT2D eigenvalue weighted by Gasteiger charge is -2.36. The Morgan fingerprint density at radius 2 is 2.14 bits per heavy atom. The van der Waals surface area contributed by atoms with E-state index >= 15 is 0 Å². The average Bonchev–Trinajstić information content (AvgIpc) is 2.48. The van der Waals surface area contributed by atoms with Gasteiger partial charge in [0.1, 0.15) is 18.0 Å². The fourth-order valence-corrected chi connectivity index (χ4v) is 2.54. The molecule has 5 nitrogen and oxygen atoms in total. The van der Waals surface area contributed by atoms with Gasteiger partial charge >= 0.3 is 0 Å². The molecule has 3 rings (SSSR count). The van der Waals surface area contributed by atoms with Crippen molar-refractivity contribution in [1.29, 1.82) is 0 Å². The van der Waals surface area contributed by atoms with E-state index in [0.29, 0.717) is 6.42 Å². The zero-order valence-corrected chi connectivity index (χ0v) is 12.7. The van der Waals surface area contributed by atoms with E-state index in [0.717, 1.165) is 24.4 Å². The quantitative estimate of drug-likeness (QED) is 0.852. The van der Waals surface area contributed by atoms with Crippen molar-refractivity contribution < 1.29 is 9.53 Å². The number of benzene rings is 1. The summed E-state index contributed by atoms with van der Waals surface area (Å²) in [6, 6.07) is 9.71. The Labute approximate surface area is 130 Å². The molecule has 2 N–H and O–H groups in total. The Bertz CT molecular complexity index is 577. The average molecular weight is 299 g/mol. The Balaban J connectivity index is 1.42. The molecule has 0 bridgehead atoms. The van der Waals surface area contributed by atoms with Gasteiger partial charge in [-0.3, -0.25) is 9.69 Å². The van der Waals surface area contributed by atoms with Crippen molar-refractivity contribution in [2.45, 2.75) is 18.7 Å². The summed E-state index contributed by atoms with van der Waals surface area (Å²) in [4.78, 5) is 14.2. The summed E-state index contributed by atoms with van der Waals surface area (Å²) in [5, 5.41) is 6.06. The van der Waals surface area contributed by atoms with E-state index in [9.17, 15) is 4.79 Å². The van der Waals surface area contributed by atoms with E-state index in [4.69, 9.17) is 4.74 Å². The number of likely N-dealkylation sites (N-methyl/N-ethyl adjacent to an activating group) is 1. The predicted octanol–water partition coefficient (Wildman–Crippen LogP) is 1.00. The van der Waals surface area contributed by atoms with Crippen molar-refractivity contribution in [3.63, 3.8) is 0 Å². The number of carbonyl (C=O) groups is 1. The van der Waals surface area contributed by atoms with Gasteiger partial charge in [0.15, 0.2) is 0 Å². The first-order valence-electron chi connectivity index (χ1n) is 7.52. The van der Waals surface area contributed by atoms with Crippen LogP contribution < -0.4 is 10.6 Å². The topological polar surface area (TPSA) is 53.6 Å². The molecular weight excluding hydrogens is 278 g/mol. The summed E-state index contributed by atoms with van der Waals surface area (Å²) in [5.41, 5.74) is 1.01. The minimum atomic E-state index is -0.187. The molecule has 0 aliphatic carbocycles. The number of hydrogen-bond acceptors (Lipinski definition) is 4. The second-order valence-electron chi connectivity index (χ2n) is 5.74. The minimum absolute atomic E-state index is 0.00765. The van der Waals surface area contributed by atoms with Crippen LogP contribution in [0.4, 0.5) is 0 Å². The molecule has 2 aliphatic rings. The van der Waals surface area contributed by atoms with Crippen LogP contribution in [0.15, 0.2) is 54.4 Å². The van der Waals surface area contributed by atoms with Gasteiger partial charge in [-0.15, -0.1) is 0 Å². The summed E-state index contributed by atoms with van der Waals surface area (Å²) >= 11 is 0. The smallest absolute Gasteiger partial charge is 0.226 e. The zero-order valence-electron chi connectivity index (χ0n) is 12.7. The van der Waals surface area contributed by atoms with Crippen LogP contribution in [0.1, 0.15) is 5.56 Å². The summed E-state index contributed by atoms with van der Waals surface area (Å²) in [6.07, 6.45) is 6.09. The molecule has 1 amide bonds. The van der Waals surface area contributed by atoms with Crippen LogP contribution >= 0.6 is 0 Å². The Morgan fingerprint density at radius 3 is 2.77 bits per heavy atom. The molecule has 2 heterocycles. The minimum Gasteiger partial charge on any atom is -0.486 e. The number of amides is 1. The number of nitrogens with zero attached hydrogens (tertiary/aromatic N) is 1. The largest absolute Gasteiger partial charge is 0.486 e. The van der Waals surface area contributed by atoms with Crippen molar-refractivity contribution in [2.24, 2.45) is 0 Å². The Morgan fingerprint density at radius 1 is 1.36 bits per heavy atom. The highest BCUT2D eigenvalue weighted by Crippen LogP contribution is 2.15. The number of nitrogens with one attached hydrogen (secondary N) is 2. The Hall–Kier alpha value is -2.27. The fraction of sp³-hybridized carbons (Fsp3) is 0.353. The number of ether oxygens (including phenoxy) is 1. The van der Waals surface area contributed by atoms with Crippen molar-refractivity contribution in [3.8, 4) is 0 Å². The molecule has 22 heavy (non-hydrogen) atoms. The maximum absolute atomic E-state index is 12.0. The first-order chi connectivity index (χ1) is 10.7. The van der Waals surface area contributed by atoms with Crippen LogP contribution in [-0.2, 0) is 16.0 Å². The molecule has 5 heteroatoms. The first kappa shape index (κ1) is 14.7. The lowest BCUT2D eigenvalue weighted by molar-refractivity contribution is -0.121. The van der Waals surface area contributed by atoms with Crippen molar-refractivity contribution in [2.75, 3.05) is 20.1 Å².